The zero-order chi connectivity index (χ0) is 18.8. The standard InChI is InChI=1S/C20H21N3O3S/c1-25-15-8-7-12(9-14(15)20(24)26-2)10-21-18-17-13-5-3-4-6-16(13)27-19(17)23-11-22-18/h7-9,11H,3-6,10H2,1-2H3,(H,21,22,23). The minimum atomic E-state index is -0.412. The predicted molar refractivity (Wildman–Crippen MR) is 106 cm³/mol. The Morgan fingerprint density at radius 3 is 2.89 bits per heavy atom. The Labute approximate surface area is 161 Å². The summed E-state index contributed by atoms with van der Waals surface area (Å²) in [7, 11) is 2.90. The van der Waals surface area contributed by atoms with Gasteiger partial charge in [-0.05, 0) is 48.9 Å². The van der Waals surface area contributed by atoms with E-state index in [1.807, 2.05) is 6.07 Å². The van der Waals surface area contributed by atoms with Crippen molar-refractivity contribution in [3.05, 3.63) is 46.1 Å². The van der Waals surface area contributed by atoms with Gasteiger partial charge in [-0.2, -0.15) is 0 Å². The van der Waals surface area contributed by atoms with Crippen LogP contribution in [0, 0.1) is 0 Å². The number of carbonyl (C=O) groups is 1. The van der Waals surface area contributed by atoms with Gasteiger partial charge >= 0.3 is 5.97 Å². The Morgan fingerprint density at radius 2 is 2.07 bits per heavy atom. The van der Waals surface area contributed by atoms with E-state index in [0.717, 1.165) is 34.4 Å². The molecule has 27 heavy (non-hydrogen) atoms. The van der Waals surface area contributed by atoms with Crippen molar-refractivity contribution in [1.29, 1.82) is 0 Å². The van der Waals surface area contributed by atoms with E-state index >= 15 is 0 Å². The van der Waals surface area contributed by atoms with Gasteiger partial charge in [0.05, 0.1) is 19.6 Å². The van der Waals surface area contributed by atoms with Crippen LogP contribution in [0.15, 0.2) is 24.5 Å². The Bertz CT molecular complexity index is 1000. The second-order valence-corrected chi connectivity index (χ2v) is 7.58. The highest BCUT2D eigenvalue weighted by Crippen LogP contribution is 2.38. The van der Waals surface area contributed by atoms with Crippen LogP contribution in [0.25, 0.3) is 10.2 Å². The summed E-state index contributed by atoms with van der Waals surface area (Å²) in [5.41, 5.74) is 2.77. The molecular formula is C20H21N3O3S. The van der Waals surface area contributed by atoms with Crippen LogP contribution in [0.5, 0.6) is 5.75 Å². The summed E-state index contributed by atoms with van der Waals surface area (Å²) in [6.07, 6.45) is 6.30. The molecule has 0 bridgehead atoms. The third kappa shape index (κ3) is 3.35. The number of rotatable bonds is 5. The summed E-state index contributed by atoms with van der Waals surface area (Å²) in [6, 6.07) is 5.50. The van der Waals surface area contributed by atoms with Gasteiger partial charge in [0.1, 0.15) is 28.3 Å². The van der Waals surface area contributed by atoms with Gasteiger partial charge in [-0.3, -0.25) is 0 Å². The summed E-state index contributed by atoms with van der Waals surface area (Å²) >= 11 is 1.78. The number of aryl methyl sites for hydroxylation is 2. The van der Waals surface area contributed by atoms with E-state index in [9.17, 15) is 4.79 Å². The average Bonchev–Trinajstić information content (AvgIpc) is 3.10. The SMILES string of the molecule is COC(=O)c1cc(CNc2ncnc3sc4c(c23)CCCC4)ccc1OC. The van der Waals surface area contributed by atoms with Gasteiger partial charge in [0.25, 0.3) is 0 Å². The average molecular weight is 383 g/mol. The number of thiophene rings is 1. The first-order chi connectivity index (χ1) is 13.2. The van der Waals surface area contributed by atoms with Gasteiger partial charge in [0.2, 0.25) is 0 Å². The highest BCUT2D eigenvalue weighted by molar-refractivity contribution is 7.19. The molecule has 140 valence electrons. The lowest BCUT2D eigenvalue weighted by atomic mass is 9.97. The highest BCUT2D eigenvalue weighted by Gasteiger charge is 2.20. The third-order valence-corrected chi connectivity index (χ3v) is 6.08. The van der Waals surface area contributed by atoms with Gasteiger partial charge < -0.3 is 14.8 Å². The van der Waals surface area contributed by atoms with Gasteiger partial charge in [-0.15, -0.1) is 11.3 Å². The van der Waals surface area contributed by atoms with Crippen molar-refractivity contribution in [1.82, 2.24) is 9.97 Å². The molecule has 2 aromatic heterocycles. The molecule has 1 N–H and O–H groups in total. The van der Waals surface area contributed by atoms with Crippen molar-refractivity contribution in [3.63, 3.8) is 0 Å². The topological polar surface area (TPSA) is 73.3 Å². The highest BCUT2D eigenvalue weighted by atomic mass is 32.1. The first-order valence-corrected chi connectivity index (χ1v) is 9.77. The maximum atomic E-state index is 12.0. The van der Waals surface area contributed by atoms with Crippen molar-refractivity contribution < 1.29 is 14.3 Å². The van der Waals surface area contributed by atoms with Crippen LogP contribution in [-0.2, 0) is 24.1 Å². The van der Waals surface area contributed by atoms with E-state index in [4.69, 9.17) is 9.47 Å². The number of ether oxygens (including phenoxy) is 2. The van der Waals surface area contributed by atoms with E-state index in [-0.39, 0.29) is 0 Å². The molecule has 1 aliphatic carbocycles. The van der Waals surface area contributed by atoms with E-state index in [2.05, 4.69) is 15.3 Å². The summed E-state index contributed by atoms with van der Waals surface area (Å²) in [4.78, 5) is 23.4. The van der Waals surface area contributed by atoms with Crippen molar-refractivity contribution in [2.24, 2.45) is 0 Å². The van der Waals surface area contributed by atoms with Crippen LogP contribution in [0.2, 0.25) is 0 Å². The number of aromatic nitrogens is 2. The first-order valence-electron chi connectivity index (χ1n) is 8.95. The summed E-state index contributed by atoms with van der Waals surface area (Å²) in [5, 5.41) is 4.58. The molecule has 0 saturated heterocycles. The zero-order valence-electron chi connectivity index (χ0n) is 15.4. The van der Waals surface area contributed by atoms with E-state index in [0.29, 0.717) is 17.9 Å². The molecule has 3 aromatic rings. The Kier molecular flexibility index (Phi) is 4.94. The van der Waals surface area contributed by atoms with Gasteiger partial charge in [0.15, 0.2) is 0 Å². The fourth-order valence-corrected chi connectivity index (χ4v) is 4.77. The van der Waals surface area contributed by atoms with Crippen molar-refractivity contribution in [2.45, 2.75) is 32.2 Å². The Morgan fingerprint density at radius 1 is 1.22 bits per heavy atom. The van der Waals surface area contributed by atoms with Crippen LogP contribution in [0.1, 0.15) is 39.2 Å². The second-order valence-electron chi connectivity index (χ2n) is 6.49. The summed E-state index contributed by atoms with van der Waals surface area (Å²) in [6.45, 7) is 0.546. The Balaban J connectivity index is 1.62. The lowest BCUT2D eigenvalue weighted by Gasteiger charge is -2.13. The Hall–Kier alpha value is -2.67. The van der Waals surface area contributed by atoms with Crippen molar-refractivity contribution in [2.75, 3.05) is 19.5 Å². The van der Waals surface area contributed by atoms with E-state index in [1.165, 1.54) is 37.5 Å². The first kappa shape index (κ1) is 17.7. The predicted octanol–water partition coefficient (Wildman–Crippen LogP) is 3.98. The molecule has 7 heteroatoms. The van der Waals surface area contributed by atoms with Gasteiger partial charge in [0, 0.05) is 11.4 Å². The van der Waals surface area contributed by atoms with Crippen molar-refractivity contribution >= 4 is 33.3 Å². The molecule has 0 unspecified atom stereocenters. The molecule has 2 heterocycles. The smallest absolute Gasteiger partial charge is 0.341 e. The fourth-order valence-electron chi connectivity index (χ4n) is 3.54. The number of benzene rings is 1. The number of methoxy groups -OCH3 is 2. The number of carbonyl (C=O) groups excluding carboxylic acids is 1. The number of hydrogen-bond donors (Lipinski definition) is 1. The number of nitrogens with one attached hydrogen (secondary N) is 1. The fraction of sp³-hybridized carbons (Fsp3) is 0.350. The van der Waals surface area contributed by atoms with Gasteiger partial charge in [-0.1, -0.05) is 6.07 Å². The number of hydrogen-bond acceptors (Lipinski definition) is 7. The summed E-state index contributed by atoms with van der Waals surface area (Å²) < 4.78 is 10.1. The molecule has 0 atom stereocenters. The van der Waals surface area contributed by atoms with Crippen LogP contribution in [0.3, 0.4) is 0 Å². The third-order valence-electron chi connectivity index (χ3n) is 4.88. The lowest BCUT2D eigenvalue weighted by molar-refractivity contribution is 0.0597. The molecule has 0 aliphatic heterocycles. The molecule has 1 aliphatic rings. The normalized spacial score (nSPS) is 13.3. The lowest BCUT2D eigenvalue weighted by Crippen LogP contribution is -2.08. The molecule has 1 aromatic carbocycles. The molecule has 0 fully saturated rings. The van der Waals surface area contributed by atoms with E-state index in [1.54, 1.807) is 29.8 Å². The van der Waals surface area contributed by atoms with Crippen LogP contribution >= 0.6 is 11.3 Å². The maximum absolute atomic E-state index is 12.0. The maximum Gasteiger partial charge on any atom is 0.341 e. The number of fused-ring (bicyclic) bond motifs is 3. The molecule has 0 radical (unpaired) electrons. The molecule has 0 amide bonds. The van der Waals surface area contributed by atoms with Crippen LogP contribution in [-0.4, -0.2) is 30.2 Å². The molecular weight excluding hydrogens is 362 g/mol. The summed E-state index contributed by atoms with van der Waals surface area (Å²) in [5.74, 6) is 0.946. The van der Waals surface area contributed by atoms with Crippen molar-refractivity contribution in [3.8, 4) is 5.75 Å². The second kappa shape index (κ2) is 7.52. The zero-order valence-corrected chi connectivity index (χ0v) is 16.2. The molecule has 0 saturated carbocycles. The van der Waals surface area contributed by atoms with Crippen LogP contribution in [0.4, 0.5) is 5.82 Å². The monoisotopic (exact) mass is 383 g/mol. The number of esters is 1. The quantitative estimate of drug-likeness (QED) is 0.672. The largest absolute Gasteiger partial charge is 0.496 e. The number of nitrogens with zero attached hydrogens (tertiary/aromatic N) is 2. The molecule has 6 nitrogen and oxygen atoms in total. The molecule has 4 rings (SSSR count). The van der Waals surface area contributed by atoms with Crippen LogP contribution < -0.4 is 10.1 Å². The minimum absolute atomic E-state index is 0.412. The van der Waals surface area contributed by atoms with Gasteiger partial charge in [-0.25, -0.2) is 14.8 Å². The minimum Gasteiger partial charge on any atom is -0.496 e. The molecule has 0 spiro atoms. The van der Waals surface area contributed by atoms with E-state index < -0.39 is 5.97 Å². The number of anilines is 1.